The number of nitrogens with one attached hydrogen (secondary N) is 1. The summed E-state index contributed by atoms with van der Waals surface area (Å²) in [6, 6.07) is 10.9. The molecular weight excluding hydrogens is 603 g/mol. The Labute approximate surface area is 264 Å². The second-order valence-corrected chi connectivity index (χ2v) is 10.9. The Kier molecular flexibility index (Phi) is 10.1. The summed E-state index contributed by atoms with van der Waals surface area (Å²) >= 11 is 0. The number of carbonyl (C=O) groups excluding carboxylic acids is 2. The molecule has 2 atom stereocenters. The summed E-state index contributed by atoms with van der Waals surface area (Å²) < 4.78 is 53.7. The minimum Gasteiger partial charge on any atom is -0.480 e. The Morgan fingerprint density at radius 3 is 2.50 bits per heavy atom. The van der Waals surface area contributed by atoms with E-state index in [1.165, 1.54) is 38.6 Å². The van der Waals surface area contributed by atoms with Gasteiger partial charge in [-0.2, -0.15) is 10.2 Å². The molecule has 1 amide bonds. The van der Waals surface area contributed by atoms with Gasteiger partial charge in [0.05, 0.1) is 30.8 Å². The Morgan fingerprint density at radius 1 is 1.07 bits per heavy atom. The third kappa shape index (κ3) is 6.96. The van der Waals surface area contributed by atoms with Crippen LogP contribution in [0.4, 0.5) is 13.2 Å². The molecule has 0 bridgehead atoms. The summed E-state index contributed by atoms with van der Waals surface area (Å²) in [6.45, 7) is 2.99. The predicted molar refractivity (Wildman–Crippen MR) is 162 cm³/mol. The zero-order valence-corrected chi connectivity index (χ0v) is 25.9. The number of hydroxylamine groups is 2. The molecule has 2 aromatic heterocycles. The molecule has 0 radical (unpaired) electrons. The van der Waals surface area contributed by atoms with Gasteiger partial charge in [0.1, 0.15) is 23.3 Å². The van der Waals surface area contributed by atoms with Gasteiger partial charge in [-0.3, -0.25) is 14.4 Å². The quantitative estimate of drug-likeness (QED) is 0.237. The number of methoxy groups -OCH3 is 2. The number of carbonyl (C=O) groups is 2. The van der Waals surface area contributed by atoms with Gasteiger partial charge in [-0.1, -0.05) is 6.07 Å². The number of hydrogen-bond acceptors (Lipinski definition) is 8. The fraction of sp³-hybridized carbons (Fsp3) is 0.333. The van der Waals surface area contributed by atoms with Crippen LogP contribution in [0.2, 0.25) is 0 Å². The van der Waals surface area contributed by atoms with Crippen LogP contribution < -0.4 is 10.1 Å². The van der Waals surface area contributed by atoms with E-state index in [4.69, 9.17) is 19.4 Å². The molecule has 0 spiro atoms. The Hall–Kier alpha value is -4.59. The van der Waals surface area contributed by atoms with Crippen LogP contribution >= 0.6 is 0 Å². The van der Waals surface area contributed by atoms with Crippen LogP contribution in [-0.2, 0) is 20.8 Å². The van der Waals surface area contributed by atoms with Crippen molar-refractivity contribution < 1.29 is 37.1 Å². The van der Waals surface area contributed by atoms with Gasteiger partial charge >= 0.3 is 0 Å². The molecule has 4 aromatic rings. The molecular formula is C33H34F3N5O5. The van der Waals surface area contributed by atoms with Gasteiger partial charge in [-0.15, -0.1) is 0 Å². The number of amides is 1. The monoisotopic (exact) mass is 637 g/mol. The van der Waals surface area contributed by atoms with Crippen molar-refractivity contribution in [1.29, 1.82) is 0 Å². The number of aromatic nitrogens is 3. The zero-order chi connectivity index (χ0) is 33.0. The average molecular weight is 638 g/mol. The van der Waals surface area contributed by atoms with E-state index in [0.717, 1.165) is 12.1 Å². The third-order valence-corrected chi connectivity index (χ3v) is 7.90. The van der Waals surface area contributed by atoms with E-state index >= 15 is 0 Å². The van der Waals surface area contributed by atoms with Gasteiger partial charge in [0.25, 0.3) is 5.91 Å². The molecule has 10 nitrogen and oxygen atoms in total. The highest BCUT2D eigenvalue weighted by Gasteiger charge is 2.37. The number of ketones is 1. The molecule has 0 aliphatic carbocycles. The highest BCUT2D eigenvalue weighted by Crippen LogP contribution is 2.37. The van der Waals surface area contributed by atoms with E-state index in [-0.39, 0.29) is 36.0 Å². The normalized spacial score (nSPS) is 16.5. The van der Waals surface area contributed by atoms with E-state index in [9.17, 15) is 22.8 Å². The molecule has 1 N–H and O–H groups in total. The number of pyridine rings is 1. The third-order valence-electron chi connectivity index (χ3n) is 7.90. The van der Waals surface area contributed by atoms with Crippen LogP contribution in [0.1, 0.15) is 39.7 Å². The molecule has 1 saturated heterocycles. The van der Waals surface area contributed by atoms with Crippen molar-refractivity contribution in [3.8, 4) is 22.8 Å². The van der Waals surface area contributed by atoms with Crippen LogP contribution in [0.5, 0.6) is 5.88 Å². The van der Waals surface area contributed by atoms with E-state index in [1.54, 1.807) is 35.1 Å². The predicted octanol–water partition coefficient (Wildman–Crippen LogP) is 4.78. The van der Waals surface area contributed by atoms with E-state index in [2.05, 4.69) is 10.3 Å². The summed E-state index contributed by atoms with van der Waals surface area (Å²) in [7, 11) is 4.47. The molecule has 1 aliphatic rings. The van der Waals surface area contributed by atoms with Crippen molar-refractivity contribution in [2.24, 2.45) is 5.92 Å². The Balaban J connectivity index is 1.48. The highest BCUT2D eigenvalue weighted by molar-refractivity contribution is 5.97. The van der Waals surface area contributed by atoms with Crippen molar-refractivity contribution in [3.63, 3.8) is 0 Å². The number of benzene rings is 2. The van der Waals surface area contributed by atoms with Crippen LogP contribution in [0.25, 0.3) is 16.9 Å². The largest absolute Gasteiger partial charge is 0.480 e. The van der Waals surface area contributed by atoms with Crippen LogP contribution in [0.15, 0.2) is 54.7 Å². The first-order chi connectivity index (χ1) is 22.1. The lowest BCUT2D eigenvalue weighted by Gasteiger charge is -2.18. The lowest BCUT2D eigenvalue weighted by atomic mass is 9.90. The number of nitrogens with zero attached hydrogens (tertiary/aromatic N) is 4. The molecule has 3 heterocycles. The van der Waals surface area contributed by atoms with Gasteiger partial charge in [0.2, 0.25) is 5.88 Å². The van der Waals surface area contributed by atoms with Crippen molar-refractivity contribution in [3.05, 3.63) is 94.6 Å². The SMILES string of the molecule is CNC(=O)c1cc(-c2nn(-c3ccc(F)cc3)c(CC(=O)C[C@@H]3CN(CCOC)O[C@H]3c3ccc(F)c(F)c3)c2C)cnc1OC. The molecule has 46 heavy (non-hydrogen) atoms. The van der Waals surface area contributed by atoms with Crippen molar-refractivity contribution in [2.75, 3.05) is 41.0 Å². The van der Waals surface area contributed by atoms with Gasteiger partial charge < -0.3 is 14.8 Å². The van der Waals surface area contributed by atoms with Gasteiger partial charge in [0.15, 0.2) is 11.6 Å². The van der Waals surface area contributed by atoms with E-state index in [0.29, 0.717) is 53.5 Å². The van der Waals surface area contributed by atoms with Gasteiger partial charge in [-0.25, -0.2) is 22.8 Å². The standard InChI is InChI=1S/C33H34F3N5O5/c1-19-29(16-25(42)13-22-18-40(11-12-44-3)46-31(22)20-5-10-27(35)28(36)15-20)41(24-8-6-23(34)7-9-24)39-30(19)21-14-26(32(43)37-2)33(45-4)38-17-21/h5-10,14-15,17,22,31H,11-13,16,18H2,1-4H3,(H,37,43)/t22-,31+/m1/s1. The molecule has 0 saturated carbocycles. The first-order valence-electron chi connectivity index (χ1n) is 14.6. The number of halogens is 3. The first-order valence-corrected chi connectivity index (χ1v) is 14.6. The maximum absolute atomic E-state index is 14.2. The molecule has 1 aliphatic heterocycles. The summed E-state index contributed by atoms with van der Waals surface area (Å²) in [6.07, 6.45) is 0.879. The maximum Gasteiger partial charge on any atom is 0.256 e. The highest BCUT2D eigenvalue weighted by atomic mass is 19.2. The molecule has 2 aromatic carbocycles. The first kappa shape index (κ1) is 32.8. The molecule has 1 fully saturated rings. The van der Waals surface area contributed by atoms with Gasteiger partial charge in [0, 0.05) is 57.8 Å². The van der Waals surface area contributed by atoms with E-state index in [1.807, 2.05) is 6.92 Å². The van der Waals surface area contributed by atoms with Crippen molar-refractivity contribution in [1.82, 2.24) is 25.1 Å². The molecule has 0 unspecified atom stereocenters. The Morgan fingerprint density at radius 2 is 1.83 bits per heavy atom. The maximum atomic E-state index is 14.2. The fourth-order valence-corrected chi connectivity index (χ4v) is 5.58. The van der Waals surface area contributed by atoms with Crippen molar-refractivity contribution in [2.45, 2.75) is 25.9 Å². The molecule has 242 valence electrons. The summed E-state index contributed by atoms with van der Waals surface area (Å²) in [5, 5.41) is 9.01. The second kappa shape index (κ2) is 14.2. The lowest BCUT2D eigenvalue weighted by Crippen LogP contribution is -2.24. The lowest BCUT2D eigenvalue weighted by molar-refractivity contribution is -0.155. The van der Waals surface area contributed by atoms with E-state index < -0.39 is 29.5 Å². The number of hydrogen-bond donors (Lipinski definition) is 1. The molecule has 5 rings (SSSR count). The van der Waals surface area contributed by atoms with Crippen LogP contribution in [-0.4, -0.2) is 72.5 Å². The zero-order valence-electron chi connectivity index (χ0n) is 25.9. The summed E-state index contributed by atoms with van der Waals surface area (Å²) in [5.41, 5.74) is 3.37. The minimum absolute atomic E-state index is 0.0405. The van der Waals surface area contributed by atoms with Crippen molar-refractivity contribution >= 4 is 11.7 Å². The molecule has 13 heteroatoms. The van der Waals surface area contributed by atoms with Crippen LogP contribution in [0.3, 0.4) is 0 Å². The fourth-order valence-electron chi connectivity index (χ4n) is 5.58. The second-order valence-electron chi connectivity index (χ2n) is 10.9. The number of Topliss-reactive ketones (excluding diaryl/α,β-unsaturated/α-hetero) is 1. The number of rotatable bonds is 12. The summed E-state index contributed by atoms with van der Waals surface area (Å²) in [5.74, 6) is -3.17. The number of ether oxygens (including phenoxy) is 2. The smallest absolute Gasteiger partial charge is 0.256 e. The van der Waals surface area contributed by atoms with Gasteiger partial charge in [-0.05, 0) is 60.5 Å². The topological polar surface area (TPSA) is 108 Å². The van der Waals surface area contributed by atoms with Crippen LogP contribution in [0, 0.1) is 30.3 Å². The average Bonchev–Trinajstić information content (AvgIpc) is 3.60. The summed E-state index contributed by atoms with van der Waals surface area (Å²) in [4.78, 5) is 36.7. The Bertz CT molecular complexity index is 1730. The minimum atomic E-state index is -1.000.